The van der Waals surface area contributed by atoms with E-state index >= 15 is 0 Å². The zero-order valence-electron chi connectivity index (χ0n) is 14.2. The SMILES string of the molecule is CSCCC(C(=O)Nc1ccc(-c2ccc(F)cc2)cc1)n1cnnn1. The van der Waals surface area contributed by atoms with Crippen LogP contribution < -0.4 is 5.32 Å². The number of rotatable bonds is 7. The van der Waals surface area contributed by atoms with Gasteiger partial charge in [-0.05, 0) is 64.2 Å². The molecule has 0 aliphatic carbocycles. The van der Waals surface area contributed by atoms with Gasteiger partial charge in [-0.2, -0.15) is 11.8 Å². The van der Waals surface area contributed by atoms with Gasteiger partial charge in [0.25, 0.3) is 0 Å². The molecule has 1 amide bonds. The van der Waals surface area contributed by atoms with Crippen LogP contribution >= 0.6 is 11.8 Å². The first-order chi connectivity index (χ1) is 12.7. The molecular formula is C18H18FN5OS. The lowest BCUT2D eigenvalue weighted by Crippen LogP contribution is -2.27. The third-order valence-electron chi connectivity index (χ3n) is 3.91. The summed E-state index contributed by atoms with van der Waals surface area (Å²) >= 11 is 1.66. The van der Waals surface area contributed by atoms with E-state index < -0.39 is 6.04 Å². The van der Waals surface area contributed by atoms with Gasteiger partial charge in [0.2, 0.25) is 5.91 Å². The summed E-state index contributed by atoms with van der Waals surface area (Å²) < 4.78 is 14.5. The van der Waals surface area contributed by atoms with Gasteiger partial charge in [-0.3, -0.25) is 4.79 Å². The number of benzene rings is 2. The second-order valence-electron chi connectivity index (χ2n) is 5.66. The molecule has 6 nitrogen and oxygen atoms in total. The number of nitrogens with zero attached hydrogens (tertiary/aromatic N) is 4. The Labute approximate surface area is 154 Å². The van der Waals surface area contributed by atoms with E-state index in [9.17, 15) is 9.18 Å². The molecule has 0 aliphatic heterocycles. The molecule has 3 aromatic rings. The number of halogens is 1. The predicted octanol–water partition coefficient (Wildman–Crippen LogP) is 3.41. The number of amides is 1. The average molecular weight is 371 g/mol. The minimum atomic E-state index is -0.464. The second-order valence-corrected chi connectivity index (χ2v) is 6.65. The Hall–Kier alpha value is -2.74. The molecule has 134 valence electrons. The summed E-state index contributed by atoms with van der Waals surface area (Å²) in [5.41, 5.74) is 2.54. The lowest BCUT2D eigenvalue weighted by atomic mass is 10.1. The van der Waals surface area contributed by atoms with Crippen molar-refractivity contribution < 1.29 is 9.18 Å². The van der Waals surface area contributed by atoms with Crippen LogP contribution in [0.4, 0.5) is 10.1 Å². The number of anilines is 1. The van der Waals surface area contributed by atoms with Crippen LogP contribution in [0.15, 0.2) is 54.9 Å². The molecule has 3 rings (SSSR count). The van der Waals surface area contributed by atoms with Gasteiger partial charge in [-0.25, -0.2) is 9.07 Å². The molecule has 0 spiro atoms. The highest BCUT2D eigenvalue weighted by molar-refractivity contribution is 7.98. The Morgan fingerprint density at radius 3 is 2.38 bits per heavy atom. The Bertz CT molecular complexity index is 837. The van der Waals surface area contributed by atoms with Gasteiger partial charge in [-0.15, -0.1) is 5.10 Å². The van der Waals surface area contributed by atoms with Crippen molar-refractivity contribution in [2.24, 2.45) is 0 Å². The molecule has 1 unspecified atom stereocenters. The maximum atomic E-state index is 13.0. The van der Waals surface area contributed by atoms with Crippen molar-refractivity contribution in [2.75, 3.05) is 17.3 Å². The van der Waals surface area contributed by atoms with E-state index in [1.807, 2.05) is 30.5 Å². The molecule has 0 bridgehead atoms. The number of aromatic nitrogens is 4. The summed E-state index contributed by atoms with van der Waals surface area (Å²) in [5.74, 6) is 0.388. The maximum absolute atomic E-state index is 13.0. The smallest absolute Gasteiger partial charge is 0.249 e. The minimum absolute atomic E-state index is 0.166. The van der Waals surface area contributed by atoms with Gasteiger partial charge < -0.3 is 5.32 Å². The Kier molecular flexibility index (Phi) is 5.96. The predicted molar refractivity (Wildman–Crippen MR) is 100 cm³/mol. The number of hydrogen-bond donors (Lipinski definition) is 1. The summed E-state index contributed by atoms with van der Waals surface area (Å²) in [6, 6.07) is 13.2. The molecule has 0 radical (unpaired) electrons. The monoisotopic (exact) mass is 371 g/mol. The van der Waals surface area contributed by atoms with Crippen LogP contribution in [0.3, 0.4) is 0 Å². The number of hydrogen-bond acceptors (Lipinski definition) is 5. The molecule has 0 aliphatic rings. The summed E-state index contributed by atoms with van der Waals surface area (Å²) in [6.45, 7) is 0. The van der Waals surface area contributed by atoms with Gasteiger partial charge in [0.1, 0.15) is 18.2 Å². The van der Waals surface area contributed by atoms with Crippen molar-refractivity contribution in [3.63, 3.8) is 0 Å². The summed E-state index contributed by atoms with van der Waals surface area (Å²) in [4.78, 5) is 12.6. The maximum Gasteiger partial charge on any atom is 0.249 e. The molecule has 0 fully saturated rings. The zero-order valence-corrected chi connectivity index (χ0v) is 15.0. The summed E-state index contributed by atoms with van der Waals surface area (Å²) in [7, 11) is 0. The first-order valence-corrected chi connectivity index (χ1v) is 9.45. The van der Waals surface area contributed by atoms with Gasteiger partial charge in [0, 0.05) is 5.69 Å². The normalized spacial score (nSPS) is 11.9. The Morgan fingerprint density at radius 2 is 1.81 bits per heavy atom. The number of carbonyl (C=O) groups is 1. The first-order valence-electron chi connectivity index (χ1n) is 8.05. The van der Waals surface area contributed by atoms with Crippen LogP contribution in [0, 0.1) is 5.82 Å². The van der Waals surface area contributed by atoms with Crippen molar-refractivity contribution in [3.05, 3.63) is 60.7 Å². The highest BCUT2D eigenvalue weighted by Gasteiger charge is 2.21. The van der Waals surface area contributed by atoms with Crippen LogP contribution in [0.25, 0.3) is 11.1 Å². The molecule has 1 aromatic heterocycles. The van der Waals surface area contributed by atoms with Crippen LogP contribution in [0.1, 0.15) is 12.5 Å². The highest BCUT2D eigenvalue weighted by Crippen LogP contribution is 2.23. The fourth-order valence-corrected chi connectivity index (χ4v) is 3.00. The third-order valence-corrected chi connectivity index (χ3v) is 4.56. The number of tetrazole rings is 1. The van der Waals surface area contributed by atoms with Crippen LogP contribution in [0.5, 0.6) is 0 Å². The topological polar surface area (TPSA) is 72.7 Å². The second kappa shape index (κ2) is 8.57. The van der Waals surface area contributed by atoms with E-state index in [4.69, 9.17) is 0 Å². The molecule has 26 heavy (non-hydrogen) atoms. The van der Waals surface area contributed by atoms with E-state index in [-0.39, 0.29) is 11.7 Å². The van der Waals surface area contributed by atoms with Crippen molar-refractivity contribution in [1.29, 1.82) is 0 Å². The van der Waals surface area contributed by atoms with Crippen molar-refractivity contribution in [3.8, 4) is 11.1 Å². The van der Waals surface area contributed by atoms with Gasteiger partial charge in [0.05, 0.1) is 0 Å². The molecule has 1 atom stereocenters. The molecule has 8 heteroatoms. The van der Waals surface area contributed by atoms with Gasteiger partial charge in [-0.1, -0.05) is 24.3 Å². The molecule has 0 saturated carbocycles. The number of thioether (sulfide) groups is 1. The van der Waals surface area contributed by atoms with Crippen molar-refractivity contribution in [2.45, 2.75) is 12.5 Å². The lowest BCUT2D eigenvalue weighted by Gasteiger charge is -2.16. The number of nitrogens with one attached hydrogen (secondary N) is 1. The van der Waals surface area contributed by atoms with Crippen LogP contribution in [0.2, 0.25) is 0 Å². The van der Waals surface area contributed by atoms with E-state index in [0.717, 1.165) is 16.9 Å². The molecule has 1 N–H and O–H groups in total. The van der Waals surface area contributed by atoms with Crippen LogP contribution in [-0.4, -0.2) is 38.1 Å². The quantitative estimate of drug-likeness (QED) is 0.689. The fraction of sp³-hybridized carbons (Fsp3) is 0.222. The van der Waals surface area contributed by atoms with E-state index in [2.05, 4.69) is 20.8 Å². The molecule has 0 saturated heterocycles. The summed E-state index contributed by atoms with van der Waals surface area (Å²) in [6.07, 6.45) is 4.07. The van der Waals surface area contributed by atoms with E-state index in [1.54, 1.807) is 23.9 Å². The van der Waals surface area contributed by atoms with Crippen molar-refractivity contribution >= 4 is 23.4 Å². The first kappa shape index (κ1) is 18.1. The number of carbonyl (C=O) groups excluding carboxylic acids is 1. The third kappa shape index (κ3) is 4.45. The van der Waals surface area contributed by atoms with E-state index in [0.29, 0.717) is 12.1 Å². The standard InChI is InChI=1S/C18H18FN5OS/c1-26-11-10-17(24-12-20-22-23-24)18(25)21-16-8-4-14(5-9-16)13-2-6-15(19)7-3-13/h2-9,12,17H,10-11H2,1H3,(H,21,25). The Morgan fingerprint density at radius 1 is 1.15 bits per heavy atom. The van der Waals surface area contributed by atoms with Gasteiger partial charge in [0.15, 0.2) is 0 Å². The fourth-order valence-electron chi connectivity index (χ4n) is 2.54. The minimum Gasteiger partial charge on any atom is -0.324 e. The average Bonchev–Trinajstić information content (AvgIpc) is 3.18. The molecular weight excluding hydrogens is 353 g/mol. The van der Waals surface area contributed by atoms with Gasteiger partial charge >= 0.3 is 0 Å². The largest absolute Gasteiger partial charge is 0.324 e. The molecule has 1 heterocycles. The lowest BCUT2D eigenvalue weighted by molar-refractivity contribution is -0.119. The Balaban J connectivity index is 1.70. The zero-order chi connectivity index (χ0) is 18.4. The molecule has 2 aromatic carbocycles. The summed E-state index contributed by atoms with van der Waals surface area (Å²) in [5, 5.41) is 14.0. The van der Waals surface area contributed by atoms with Crippen molar-refractivity contribution in [1.82, 2.24) is 20.2 Å². The van der Waals surface area contributed by atoms with Crippen LogP contribution in [-0.2, 0) is 4.79 Å². The van der Waals surface area contributed by atoms with E-state index in [1.165, 1.54) is 23.1 Å². The highest BCUT2D eigenvalue weighted by atomic mass is 32.2.